The number of hydrogen-bond acceptors (Lipinski definition) is 5. The summed E-state index contributed by atoms with van der Waals surface area (Å²) in [6, 6.07) is 15.5. The average molecular weight is 373 g/mol. The van der Waals surface area contributed by atoms with Crippen LogP contribution in [-0.4, -0.2) is 58.2 Å². The Hall–Kier alpha value is -2.38. The third-order valence-corrected chi connectivity index (χ3v) is 6.08. The molecule has 138 valence electrons. The second-order valence-electron chi connectivity index (χ2n) is 6.46. The largest absolute Gasteiger partial charge is 0.369 e. The van der Waals surface area contributed by atoms with Crippen LogP contribution in [-0.2, 0) is 14.6 Å². The zero-order valence-corrected chi connectivity index (χ0v) is 15.6. The van der Waals surface area contributed by atoms with Crippen molar-refractivity contribution < 1.29 is 13.2 Å². The number of carbonyl (C=O) groups is 1. The van der Waals surface area contributed by atoms with Gasteiger partial charge < -0.3 is 15.1 Å². The lowest BCUT2D eigenvalue weighted by molar-refractivity contribution is -0.113. The molecule has 0 aromatic heterocycles. The van der Waals surface area contributed by atoms with Crippen molar-refractivity contribution in [1.82, 2.24) is 4.90 Å². The van der Waals surface area contributed by atoms with Crippen LogP contribution in [0.3, 0.4) is 0 Å². The molecule has 2 aromatic carbocycles. The highest BCUT2D eigenvalue weighted by molar-refractivity contribution is 7.92. The summed E-state index contributed by atoms with van der Waals surface area (Å²) in [6.45, 7) is 3.99. The van der Waals surface area contributed by atoms with Crippen LogP contribution in [0.5, 0.6) is 0 Å². The molecule has 0 radical (unpaired) electrons. The first-order chi connectivity index (χ1) is 12.4. The van der Waals surface area contributed by atoms with Gasteiger partial charge in [0.25, 0.3) is 0 Å². The van der Waals surface area contributed by atoms with Gasteiger partial charge in [0.2, 0.25) is 5.91 Å². The van der Waals surface area contributed by atoms with Crippen molar-refractivity contribution >= 4 is 27.1 Å². The lowest BCUT2D eigenvalue weighted by atomic mass is 10.2. The van der Waals surface area contributed by atoms with E-state index in [1.807, 2.05) is 12.1 Å². The van der Waals surface area contributed by atoms with Crippen LogP contribution in [0.4, 0.5) is 11.4 Å². The highest BCUT2D eigenvalue weighted by Crippen LogP contribution is 2.19. The van der Waals surface area contributed by atoms with E-state index in [4.69, 9.17) is 0 Å². The second kappa shape index (κ2) is 7.88. The predicted octanol–water partition coefficient (Wildman–Crippen LogP) is 1.85. The van der Waals surface area contributed by atoms with E-state index in [1.165, 1.54) is 12.1 Å². The molecule has 0 bridgehead atoms. The maximum atomic E-state index is 12.2. The summed E-state index contributed by atoms with van der Waals surface area (Å²) >= 11 is 0. The summed E-state index contributed by atoms with van der Waals surface area (Å²) in [5.74, 6) is -1.11. The number of nitrogens with zero attached hydrogens (tertiary/aromatic N) is 2. The Morgan fingerprint density at radius 1 is 0.962 bits per heavy atom. The molecule has 1 fully saturated rings. The van der Waals surface area contributed by atoms with E-state index in [0.717, 1.165) is 31.9 Å². The molecule has 6 nitrogen and oxygen atoms in total. The van der Waals surface area contributed by atoms with Crippen molar-refractivity contribution in [2.75, 3.05) is 49.2 Å². The fraction of sp³-hybridized carbons (Fsp3) is 0.316. The number of nitrogens with one attached hydrogen (secondary N) is 1. The van der Waals surface area contributed by atoms with Crippen LogP contribution in [0.2, 0.25) is 0 Å². The highest BCUT2D eigenvalue weighted by atomic mass is 32.2. The number of anilines is 2. The van der Waals surface area contributed by atoms with Crippen LogP contribution < -0.4 is 10.2 Å². The van der Waals surface area contributed by atoms with Crippen molar-refractivity contribution in [2.45, 2.75) is 4.90 Å². The molecule has 1 aliphatic heterocycles. The van der Waals surface area contributed by atoms with Gasteiger partial charge in [-0.15, -0.1) is 0 Å². The van der Waals surface area contributed by atoms with Crippen molar-refractivity contribution in [3.63, 3.8) is 0 Å². The molecule has 0 unspecified atom stereocenters. The number of carbonyl (C=O) groups excluding carboxylic acids is 1. The Bertz CT molecular complexity index is 843. The fourth-order valence-electron chi connectivity index (χ4n) is 2.90. The Morgan fingerprint density at radius 2 is 1.58 bits per heavy atom. The Labute approximate surface area is 154 Å². The van der Waals surface area contributed by atoms with Crippen LogP contribution >= 0.6 is 0 Å². The molecule has 2 aromatic rings. The molecular formula is C19H23N3O3S. The molecule has 0 aliphatic carbocycles. The number of benzene rings is 2. The smallest absolute Gasteiger partial charge is 0.239 e. The average Bonchev–Trinajstić information content (AvgIpc) is 2.63. The van der Waals surface area contributed by atoms with Crippen molar-refractivity contribution in [2.24, 2.45) is 0 Å². The number of sulfone groups is 1. The quantitative estimate of drug-likeness (QED) is 0.866. The molecule has 0 atom stereocenters. The molecule has 0 spiro atoms. The van der Waals surface area contributed by atoms with E-state index < -0.39 is 21.5 Å². The number of piperazine rings is 1. The molecule has 3 rings (SSSR count). The number of amides is 1. The molecule has 1 saturated heterocycles. The van der Waals surface area contributed by atoms with E-state index in [2.05, 4.69) is 22.2 Å². The standard InChI is InChI=1S/C19H23N3O3S/c1-21-11-13-22(14-12-21)17-9-7-16(8-10-17)20-19(23)15-26(24,25)18-5-3-2-4-6-18/h2-10H,11-15H2,1H3,(H,20,23). The fourth-order valence-corrected chi connectivity index (χ4v) is 4.06. The van der Waals surface area contributed by atoms with E-state index >= 15 is 0 Å². The van der Waals surface area contributed by atoms with Crippen LogP contribution in [0.1, 0.15) is 0 Å². The second-order valence-corrected chi connectivity index (χ2v) is 8.45. The lowest BCUT2D eigenvalue weighted by Crippen LogP contribution is -2.44. The van der Waals surface area contributed by atoms with Crippen LogP contribution in [0.15, 0.2) is 59.5 Å². The first kappa shape index (κ1) is 18.4. The minimum absolute atomic E-state index is 0.153. The van der Waals surface area contributed by atoms with Crippen molar-refractivity contribution in [3.05, 3.63) is 54.6 Å². The molecule has 1 N–H and O–H groups in total. The SMILES string of the molecule is CN1CCN(c2ccc(NC(=O)CS(=O)(=O)c3ccccc3)cc2)CC1. The van der Waals surface area contributed by atoms with Crippen LogP contribution in [0, 0.1) is 0 Å². The van der Waals surface area contributed by atoms with Gasteiger partial charge in [-0.25, -0.2) is 8.42 Å². The summed E-state index contributed by atoms with van der Waals surface area (Å²) in [5.41, 5.74) is 1.70. The number of rotatable bonds is 5. The monoisotopic (exact) mass is 373 g/mol. The molecular weight excluding hydrogens is 350 g/mol. The molecule has 7 heteroatoms. The van der Waals surface area contributed by atoms with E-state index in [9.17, 15) is 13.2 Å². The summed E-state index contributed by atoms with van der Waals surface area (Å²) in [7, 11) is -1.52. The molecule has 1 aliphatic rings. The van der Waals surface area contributed by atoms with E-state index in [-0.39, 0.29) is 4.90 Å². The van der Waals surface area contributed by atoms with Crippen molar-refractivity contribution in [1.29, 1.82) is 0 Å². The first-order valence-electron chi connectivity index (χ1n) is 8.55. The Morgan fingerprint density at radius 3 is 2.19 bits per heavy atom. The molecule has 26 heavy (non-hydrogen) atoms. The zero-order valence-electron chi connectivity index (χ0n) is 14.8. The predicted molar refractivity (Wildman–Crippen MR) is 103 cm³/mol. The minimum Gasteiger partial charge on any atom is -0.369 e. The number of hydrogen-bond donors (Lipinski definition) is 1. The summed E-state index contributed by atoms with van der Waals surface area (Å²) in [5, 5.41) is 2.66. The van der Waals surface area contributed by atoms with Gasteiger partial charge in [-0.1, -0.05) is 18.2 Å². The topological polar surface area (TPSA) is 69.7 Å². The van der Waals surface area contributed by atoms with Crippen LogP contribution in [0.25, 0.3) is 0 Å². The van der Waals surface area contributed by atoms with Gasteiger partial charge in [0.1, 0.15) is 5.75 Å². The van der Waals surface area contributed by atoms with Gasteiger partial charge in [-0.05, 0) is 43.4 Å². The molecule has 1 heterocycles. The number of likely N-dealkylation sites (N-methyl/N-ethyl adjacent to an activating group) is 1. The molecule has 1 amide bonds. The Balaban J connectivity index is 1.59. The van der Waals surface area contributed by atoms with Gasteiger partial charge in [-0.3, -0.25) is 4.79 Å². The molecule has 0 saturated carbocycles. The summed E-state index contributed by atoms with van der Waals surface area (Å²) < 4.78 is 24.5. The van der Waals surface area contributed by atoms with E-state index in [0.29, 0.717) is 5.69 Å². The van der Waals surface area contributed by atoms with Gasteiger partial charge >= 0.3 is 0 Å². The van der Waals surface area contributed by atoms with E-state index in [1.54, 1.807) is 30.3 Å². The minimum atomic E-state index is -3.64. The lowest BCUT2D eigenvalue weighted by Gasteiger charge is -2.34. The Kier molecular flexibility index (Phi) is 5.58. The maximum Gasteiger partial charge on any atom is 0.239 e. The van der Waals surface area contributed by atoms with Gasteiger partial charge in [0.15, 0.2) is 9.84 Å². The first-order valence-corrected chi connectivity index (χ1v) is 10.2. The zero-order chi connectivity index (χ0) is 18.6. The van der Waals surface area contributed by atoms with Crippen molar-refractivity contribution in [3.8, 4) is 0 Å². The normalized spacial score (nSPS) is 15.7. The highest BCUT2D eigenvalue weighted by Gasteiger charge is 2.19. The third-order valence-electron chi connectivity index (χ3n) is 4.44. The van der Waals surface area contributed by atoms with Gasteiger partial charge in [0, 0.05) is 37.6 Å². The summed E-state index contributed by atoms with van der Waals surface area (Å²) in [6.07, 6.45) is 0. The summed E-state index contributed by atoms with van der Waals surface area (Å²) in [4.78, 5) is 16.9. The third kappa shape index (κ3) is 4.62. The van der Waals surface area contributed by atoms with Gasteiger partial charge in [-0.2, -0.15) is 0 Å². The maximum absolute atomic E-state index is 12.2. The van der Waals surface area contributed by atoms with Gasteiger partial charge in [0.05, 0.1) is 4.90 Å².